The van der Waals surface area contributed by atoms with Gasteiger partial charge in [-0.1, -0.05) is 12.1 Å². The molecule has 1 unspecified atom stereocenters. The van der Waals surface area contributed by atoms with Gasteiger partial charge in [0.25, 0.3) is 5.91 Å². The van der Waals surface area contributed by atoms with Crippen LogP contribution in [0.2, 0.25) is 0 Å². The first-order chi connectivity index (χ1) is 9.93. The average Bonchev–Trinajstić information content (AvgIpc) is 2.46. The molecule has 0 bridgehead atoms. The molecular weight excluding hydrogens is 286 g/mol. The van der Waals surface area contributed by atoms with Gasteiger partial charge in [-0.15, -0.1) is 6.58 Å². The molecule has 0 heterocycles. The van der Waals surface area contributed by atoms with Gasteiger partial charge in [-0.3, -0.25) is 15.6 Å². The minimum atomic E-state index is -0.637. The van der Waals surface area contributed by atoms with Crippen molar-refractivity contribution in [3.63, 3.8) is 0 Å². The zero-order valence-corrected chi connectivity index (χ0v) is 13.3. The topological polar surface area (TPSA) is 62.4 Å². The van der Waals surface area contributed by atoms with Gasteiger partial charge in [0.2, 0.25) is 0 Å². The highest BCUT2D eigenvalue weighted by Gasteiger charge is 2.14. The van der Waals surface area contributed by atoms with Crippen molar-refractivity contribution in [2.24, 2.45) is 0 Å². The molecule has 1 amide bonds. The Morgan fingerprint density at radius 1 is 1.38 bits per heavy atom. The number of carbonyl (C=O) groups is 1. The molecule has 1 aromatic carbocycles. The first-order valence-electron chi connectivity index (χ1n) is 6.62. The molecule has 1 aromatic rings. The van der Waals surface area contributed by atoms with E-state index in [1.54, 1.807) is 13.0 Å². The lowest BCUT2D eigenvalue weighted by Crippen LogP contribution is -2.50. The zero-order valence-electron chi connectivity index (χ0n) is 12.5. The Hall–Kier alpha value is -2.08. The Balaban J connectivity index is 2.45. The second-order valence-corrected chi connectivity index (χ2v) is 5.03. The number of rotatable bonds is 5. The lowest BCUT2D eigenvalue weighted by molar-refractivity contribution is -0.127. The Bertz CT molecular complexity index is 532. The zero-order chi connectivity index (χ0) is 15.8. The van der Waals surface area contributed by atoms with Gasteiger partial charge in [-0.05, 0) is 56.2 Å². The molecule has 0 aromatic heterocycles. The summed E-state index contributed by atoms with van der Waals surface area (Å²) in [4.78, 5) is 11.9. The van der Waals surface area contributed by atoms with E-state index in [9.17, 15) is 4.79 Å². The normalized spacial score (nSPS) is 11.2. The van der Waals surface area contributed by atoms with Crippen LogP contribution in [0.15, 0.2) is 30.9 Å². The number of hydrazine groups is 1. The average molecular weight is 307 g/mol. The van der Waals surface area contributed by atoms with Gasteiger partial charge < -0.3 is 10.1 Å². The number of carbonyl (C=O) groups excluding carboxylic acids is 1. The van der Waals surface area contributed by atoms with Crippen LogP contribution in [0.5, 0.6) is 5.75 Å². The van der Waals surface area contributed by atoms with Crippen molar-refractivity contribution in [2.45, 2.75) is 26.9 Å². The van der Waals surface area contributed by atoms with Crippen LogP contribution in [-0.4, -0.2) is 23.7 Å². The minimum Gasteiger partial charge on any atom is -0.481 e. The molecule has 0 saturated carbocycles. The SMILES string of the molecule is C=CCNC(=S)NNC(=O)C(C)Oc1ccc(C)c(C)c1. The number of amides is 1. The van der Waals surface area contributed by atoms with Crippen molar-refractivity contribution in [3.05, 3.63) is 42.0 Å². The lowest BCUT2D eigenvalue weighted by Gasteiger charge is -2.16. The maximum Gasteiger partial charge on any atom is 0.279 e. The van der Waals surface area contributed by atoms with Crippen molar-refractivity contribution in [2.75, 3.05) is 6.54 Å². The largest absolute Gasteiger partial charge is 0.481 e. The molecular formula is C15H21N3O2S. The molecule has 0 radical (unpaired) electrons. The van der Waals surface area contributed by atoms with Crippen LogP contribution in [-0.2, 0) is 4.79 Å². The van der Waals surface area contributed by atoms with E-state index in [0.29, 0.717) is 17.4 Å². The molecule has 0 aliphatic heterocycles. The van der Waals surface area contributed by atoms with Gasteiger partial charge in [0.1, 0.15) is 5.75 Å². The molecule has 1 rings (SSSR count). The van der Waals surface area contributed by atoms with Gasteiger partial charge in [0.15, 0.2) is 11.2 Å². The van der Waals surface area contributed by atoms with Crippen LogP contribution >= 0.6 is 12.2 Å². The van der Waals surface area contributed by atoms with Crippen molar-refractivity contribution in [1.82, 2.24) is 16.2 Å². The Morgan fingerprint density at radius 2 is 2.10 bits per heavy atom. The number of hydrogen-bond donors (Lipinski definition) is 3. The van der Waals surface area contributed by atoms with Gasteiger partial charge in [0, 0.05) is 6.54 Å². The lowest BCUT2D eigenvalue weighted by atomic mass is 10.1. The summed E-state index contributed by atoms with van der Waals surface area (Å²) >= 11 is 4.96. The molecule has 1 atom stereocenters. The van der Waals surface area contributed by atoms with Crippen LogP contribution in [0.3, 0.4) is 0 Å². The highest BCUT2D eigenvalue weighted by Crippen LogP contribution is 2.17. The Labute approximate surface area is 130 Å². The molecule has 0 aliphatic carbocycles. The maximum absolute atomic E-state index is 11.9. The summed E-state index contributed by atoms with van der Waals surface area (Å²) in [5.74, 6) is 0.351. The van der Waals surface area contributed by atoms with Crippen LogP contribution in [0, 0.1) is 13.8 Å². The van der Waals surface area contributed by atoms with Crippen molar-refractivity contribution >= 4 is 23.2 Å². The summed E-state index contributed by atoms with van der Waals surface area (Å²) < 4.78 is 5.59. The standard InChI is InChI=1S/C15H21N3O2S/c1-5-8-16-15(21)18-17-14(19)12(4)20-13-7-6-10(2)11(3)9-13/h5-7,9,12H,1,8H2,2-4H3,(H,17,19)(H2,16,18,21). The molecule has 0 saturated heterocycles. The van der Waals surface area contributed by atoms with Gasteiger partial charge in [-0.25, -0.2) is 0 Å². The number of hydrogen-bond acceptors (Lipinski definition) is 3. The quantitative estimate of drug-likeness (QED) is 0.439. The fourth-order valence-corrected chi connectivity index (χ4v) is 1.61. The summed E-state index contributed by atoms with van der Waals surface area (Å²) in [5, 5.41) is 3.16. The van der Waals surface area contributed by atoms with E-state index in [-0.39, 0.29) is 5.91 Å². The molecule has 0 aliphatic rings. The van der Waals surface area contributed by atoms with Crippen molar-refractivity contribution in [1.29, 1.82) is 0 Å². The van der Waals surface area contributed by atoms with E-state index in [2.05, 4.69) is 22.7 Å². The highest BCUT2D eigenvalue weighted by molar-refractivity contribution is 7.80. The summed E-state index contributed by atoms with van der Waals surface area (Å²) in [7, 11) is 0. The van der Waals surface area contributed by atoms with Gasteiger partial charge in [-0.2, -0.15) is 0 Å². The number of benzene rings is 1. The maximum atomic E-state index is 11.9. The first-order valence-corrected chi connectivity index (χ1v) is 7.03. The Morgan fingerprint density at radius 3 is 2.71 bits per heavy atom. The van der Waals surface area contributed by atoms with E-state index >= 15 is 0 Å². The van der Waals surface area contributed by atoms with E-state index < -0.39 is 6.10 Å². The van der Waals surface area contributed by atoms with Crippen LogP contribution in [0.1, 0.15) is 18.1 Å². The van der Waals surface area contributed by atoms with E-state index in [0.717, 1.165) is 5.56 Å². The predicted molar refractivity (Wildman–Crippen MR) is 88.1 cm³/mol. The molecule has 0 spiro atoms. The monoisotopic (exact) mass is 307 g/mol. The summed E-state index contributed by atoms with van der Waals surface area (Å²) in [6, 6.07) is 5.71. The molecule has 114 valence electrons. The van der Waals surface area contributed by atoms with Crippen LogP contribution in [0.4, 0.5) is 0 Å². The molecule has 21 heavy (non-hydrogen) atoms. The molecule has 3 N–H and O–H groups in total. The fraction of sp³-hybridized carbons (Fsp3) is 0.333. The molecule has 6 heteroatoms. The second kappa shape index (κ2) is 8.26. The second-order valence-electron chi connectivity index (χ2n) is 4.62. The first kappa shape index (κ1) is 17.0. The predicted octanol–water partition coefficient (Wildman–Crippen LogP) is 1.75. The van der Waals surface area contributed by atoms with Crippen molar-refractivity contribution in [3.8, 4) is 5.75 Å². The molecule has 5 nitrogen and oxygen atoms in total. The highest BCUT2D eigenvalue weighted by atomic mass is 32.1. The minimum absolute atomic E-state index is 0.309. The summed E-state index contributed by atoms with van der Waals surface area (Å²) in [5.41, 5.74) is 7.38. The van der Waals surface area contributed by atoms with Gasteiger partial charge in [0.05, 0.1) is 0 Å². The number of thiocarbonyl (C=S) groups is 1. The van der Waals surface area contributed by atoms with Crippen LogP contribution < -0.4 is 20.9 Å². The third kappa shape index (κ3) is 5.83. The number of nitrogens with one attached hydrogen (secondary N) is 3. The van der Waals surface area contributed by atoms with E-state index in [4.69, 9.17) is 17.0 Å². The summed E-state index contributed by atoms with van der Waals surface area (Å²) in [6.45, 7) is 9.78. The smallest absolute Gasteiger partial charge is 0.279 e. The number of aryl methyl sites for hydroxylation is 2. The van der Waals surface area contributed by atoms with Gasteiger partial charge >= 0.3 is 0 Å². The molecule has 0 fully saturated rings. The van der Waals surface area contributed by atoms with E-state index in [1.807, 2.05) is 32.0 Å². The van der Waals surface area contributed by atoms with E-state index in [1.165, 1.54) is 5.56 Å². The van der Waals surface area contributed by atoms with Crippen molar-refractivity contribution < 1.29 is 9.53 Å². The Kier molecular flexibility index (Phi) is 6.68. The fourth-order valence-electron chi connectivity index (χ4n) is 1.47. The number of ether oxygens (including phenoxy) is 1. The third-order valence-electron chi connectivity index (χ3n) is 2.87. The summed E-state index contributed by atoms with van der Waals surface area (Å²) in [6.07, 6.45) is 1.03. The third-order valence-corrected chi connectivity index (χ3v) is 3.11. The van der Waals surface area contributed by atoms with Crippen LogP contribution in [0.25, 0.3) is 0 Å².